The van der Waals surface area contributed by atoms with E-state index in [1.165, 1.54) is 17.4 Å². The molecule has 5 nitrogen and oxygen atoms in total. The zero-order chi connectivity index (χ0) is 24.0. The molecule has 0 bridgehead atoms. The highest BCUT2D eigenvalue weighted by atomic mass is 32.1. The van der Waals surface area contributed by atoms with Gasteiger partial charge in [-0.1, -0.05) is 37.6 Å². The van der Waals surface area contributed by atoms with Gasteiger partial charge in [0.15, 0.2) is 0 Å². The summed E-state index contributed by atoms with van der Waals surface area (Å²) in [5, 5.41) is 6.42. The maximum absolute atomic E-state index is 13.3. The molecule has 0 saturated carbocycles. The lowest BCUT2D eigenvalue weighted by atomic mass is 10.1. The summed E-state index contributed by atoms with van der Waals surface area (Å²) in [5.41, 5.74) is 2.36. The molecule has 0 atom stereocenters. The van der Waals surface area contributed by atoms with Gasteiger partial charge in [0, 0.05) is 36.3 Å². The molecular weight excluding hydrogens is 461 g/mol. The number of ether oxygens (including phenoxy) is 1. The Hall–Kier alpha value is -2.91. The van der Waals surface area contributed by atoms with Gasteiger partial charge in [0.1, 0.15) is 0 Å². The van der Waals surface area contributed by atoms with Crippen LogP contribution in [-0.4, -0.2) is 43.7 Å². The Balaban J connectivity index is 1.65. The van der Waals surface area contributed by atoms with Gasteiger partial charge in [-0.3, -0.25) is 4.99 Å². The molecule has 180 valence electrons. The molecule has 1 aliphatic heterocycles. The number of alkyl halides is 3. The molecule has 1 saturated heterocycles. The van der Waals surface area contributed by atoms with Crippen molar-refractivity contribution in [3.05, 3.63) is 69.8 Å². The summed E-state index contributed by atoms with van der Waals surface area (Å²) in [4.78, 5) is 7.55. The highest BCUT2D eigenvalue weighted by molar-refractivity contribution is 7.07. The monoisotopic (exact) mass is 488 g/mol. The van der Waals surface area contributed by atoms with E-state index < -0.39 is 11.7 Å². The van der Waals surface area contributed by atoms with Gasteiger partial charge in [-0.25, -0.2) is 4.68 Å². The van der Waals surface area contributed by atoms with Crippen LogP contribution in [0, 0.1) is 0 Å². The number of thiazole rings is 1. The quantitative estimate of drug-likeness (QED) is 0.318. The number of morpholine rings is 1. The molecular formula is C25H27F3N4OS. The number of nitrogens with zero attached hydrogens (tertiary/aromatic N) is 4. The molecule has 0 unspecified atom stereocenters. The first kappa shape index (κ1) is 24.2. The minimum Gasteiger partial charge on any atom is -0.378 e. The van der Waals surface area contributed by atoms with Crippen molar-refractivity contribution in [3.8, 4) is 11.3 Å². The maximum atomic E-state index is 13.3. The number of hydrogen-bond donors (Lipinski definition) is 0. The first-order valence-electron chi connectivity index (χ1n) is 11.3. The van der Waals surface area contributed by atoms with Crippen LogP contribution < -0.4 is 9.70 Å². The van der Waals surface area contributed by atoms with Crippen LogP contribution in [0.3, 0.4) is 0 Å². The Morgan fingerprint density at radius 2 is 1.85 bits per heavy atom. The fraction of sp³-hybridized carbons (Fsp3) is 0.360. The number of unbranched alkanes of at least 4 members (excludes halogenated alkanes) is 1. The van der Waals surface area contributed by atoms with Gasteiger partial charge in [0.25, 0.3) is 0 Å². The second-order valence-electron chi connectivity index (χ2n) is 7.96. The molecule has 2 heterocycles. The molecule has 34 heavy (non-hydrogen) atoms. The van der Waals surface area contributed by atoms with E-state index in [2.05, 4.69) is 21.9 Å². The van der Waals surface area contributed by atoms with Gasteiger partial charge < -0.3 is 9.64 Å². The zero-order valence-corrected chi connectivity index (χ0v) is 19.8. The van der Waals surface area contributed by atoms with E-state index in [0.717, 1.165) is 62.5 Å². The van der Waals surface area contributed by atoms with E-state index in [0.29, 0.717) is 22.6 Å². The molecule has 0 spiro atoms. The van der Waals surface area contributed by atoms with Crippen LogP contribution in [-0.2, 0) is 10.9 Å². The molecule has 0 amide bonds. The summed E-state index contributed by atoms with van der Waals surface area (Å²) in [6.07, 6.45) is -0.750. The van der Waals surface area contributed by atoms with E-state index in [4.69, 9.17) is 4.74 Å². The highest BCUT2D eigenvalue weighted by Crippen LogP contribution is 2.32. The predicted molar refractivity (Wildman–Crippen MR) is 131 cm³/mol. The fourth-order valence-corrected chi connectivity index (χ4v) is 4.49. The molecule has 0 radical (unpaired) electrons. The molecule has 1 fully saturated rings. The molecule has 1 aromatic heterocycles. The topological polar surface area (TPSA) is 42.1 Å². The minimum atomic E-state index is -4.41. The van der Waals surface area contributed by atoms with E-state index in [1.54, 1.807) is 22.3 Å². The number of benzene rings is 2. The summed E-state index contributed by atoms with van der Waals surface area (Å²) in [7, 11) is 0. The van der Waals surface area contributed by atoms with Crippen molar-refractivity contribution in [1.82, 2.24) is 4.68 Å². The third-order valence-corrected chi connectivity index (χ3v) is 6.38. The highest BCUT2D eigenvalue weighted by Gasteiger charge is 2.30. The summed E-state index contributed by atoms with van der Waals surface area (Å²) < 4.78 is 46.8. The van der Waals surface area contributed by atoms with Crippen molar-refractivity contribution in [2.24, 2.45) is 10.1 Å². The van der Waals surface area contributed by atoms with E-state index >= 15 is 0 Å². The number of hydrogen-bond acceptors (Lipinski definition) is 5. The minimum absolute atomic E-state index is 0.447. The summed E-state index contributed by atoms with van der Waals surface area (Å²) in [6.45, 7) is 5.90. The normalized spacial score (nSPS) is 15.4. The Labute approximate surface area is 200 Å². The maximum Gasteiger partial charge on any atom is 0.416 e. The van der Waals surface area contributed by atoms with Crippen LogP contribution in [0.25, 0.3) is 11.3 Å². The average molecular weight is 489 g/mol. The van der Waals surface area contributed by atoms with Gasteiger partial charge in [0.2, 0.25) is 4.80 Å². The first-order chi connectivity index (χ1) is 16.5. The van der Waals surface area contributed by atoms with E-state index in [-0.39, 0.29) is 0 Å². The third-order valence-electron chi connectivity index (χ3n) is 5.52. The van der Waals surface area contributed by atoms with Crippen LogP contribution >= 0.6 is 11.3 Å². The average Bonchev–Trinajstić information content (AvgIpc) is 3.26. The smallest absolute Gasteiger partial charge is 0.378 e. The summed E-state index contributed by atoms with van der Waals surface area (Å²) in [5.74, 6) is 0. The van der Waals surface area contributed by atoms with Gasteiger partial charge in [-0.05, 0) is 36.2 Å². The Kier molecular flexibility index (Phi) is 7.84. The molecule has 2 aromatic carbocycles. The second kappa shape index (κ2) is 11.0. The number of rotatable bonds is 7. The first-order valence-corrected chi connectivity index (χ1v) is 12.2. The predicted octanol–water partition coefficient (Wildman–Crippen LogP) is 5.66. The van der Waals surface area contributed by atoms with Crippen molar-refractivity contribution >= 4 is 23.2 Å². The third kappa shape index (κ3) is 5.95. The van der Waals surface area contributed by atoms with E-state index in [1.807, 2.05) is 24.3 Å². The number of anilines is 1. The van der Waals surface area contributed by atoms with Crippen molar-refractivity contribution in [3.63, 3.8) is 0 Å². The van der Waals surface area contributed by atoms with Crippen LogP contribution in [0.4, 0.5) is 18.9 Å². The lowest BCUT2D eigenvalue weighted by molar-refractivity contribution is -0.137. The van der Waals surface area contributed by atoms with E-state index in [9.17, 15) is 13.2 Å². The lowest BCUT2D eigenvalue weighted by Gasteiger charge is -2.28. The van der Waals surface area contributed by atoms with Crippen LogP contribution in [0.2, 0.25) is 0 Å². The summed E-state index contributed by atoms with van der Waals surface area (Å²) >= 11 is 1.37. The summed E-state index contributed by atoms with van der Waals surface area (Å²) in [6, 6.07) is 13.4. The molecule has 1 aliphatic rings. The standard InChI is InChI=1S/C25H27F3N4OS/c1-2-3-11-29-24-32(23(18-34-24)20-5-4-6-21(16-20)25(26,27)28)30-17-19-7-9-22(10-8-19)31-12-14-33-15-13-31/h4-10,16-18H,2-3,11-15H2,1H3/b29-24?,30-17-. The van der Waals surface area contributed by atoms with Gasteiger partial charge in [-0.15, -0.1) is 11.3 Å². The SMILES string of the molecule is CCCCN=c1scc(-c2cccc(C(F)(F)F)c2)n1/N=C\c1ccc(N2CCOCC2)cc1. The van der Waals surface area contributed by atoms with Crippen molar-refractivity contribution in [2.45, 2.75) is 25.9 Å². The zero-order valence-electron chi connectivity index (χ0n) is 19.0. The largest absolute Gasteiger partial charge is 0.416 e. The fourth-order valence-electron chi connectivity index (χ4n) is 3.62. The molecule has 9 heteroatoms. The van der Waals surface area contributed by atoms with Crippen LogP contribution in [0.15, 0.2) is 64.0 Å². The molecule has 0 N–H and O–H groups in total. The molecule has 4 rings (SSSR count). The Bertz CT molecular complexity index is 1180. The van der Waals surface area contributed by atoms with Gasteiger partial charge in [-0.2, -0.15) is 18.3 Å². The van der Waals surface area contributed by atoms with Crippen LogP contribution in [0.5, 0.6) is 0 Å². The lowest BCUT2D eigenvalue weighted by Crippen LogP contribution is -2.36. The van der Waals surface area contributed by atoms with Crippen molar-refractivity contribution in [1.29, 1.82) is 0 Å². The molecule has 3 aromatic rings. The Morgan fingerprint density at radius 3 is 2.56 bits per heavy atom. The van der Waals surface area contributed by atoms with Crippen LogP contribution in [0.1, 0.15) is 30.9 Å². The van der Waals surface area contributed by atoms with Crippen molar-refractivity contribution in [2.75, 3.05) is 37.7 Å². The van der Waals surface area contributed by atoms with Crippen molar-refractivity contribution < 1.29 is 17.9 Å². The van der Waals surface area contributed by atoms with Gasteiger partial charge in [0.05, 0.1) is 30.7 Å². The second-order valence-corrected chi connectivity index (χ2v) is 8.80. The molecule has 0 aliphatic carbocycles. The Morgan fingerprint density at radius 1 is 1.09 bits per heavy atom. The number of aromatic nitrogens is 1. The van der Waals surface area contributed by atoms with Gasteiger partial charge >= 0.3 is 6.18 Å². The number of halogens is 3.